The second-order valence-corrected chi connectivity index (χ2v) is 10.5. The van der Waals surface area contributed by atoms with Gasteiger partial charge in [0.1, 0.15) is 5.82 Å². The highest BCUT2D eigenvalue weighted by Crippen LogP contribution is 2.28. The monoisotopic (exact) mass is 519 g/mol. The van der Waals surface area contributed by atoms with Crippen molar-refractivity contribution in [1.29, 1.82) is 0 Å². The quantitative estimate of drug-likeness (QED) is 0.414. The Hall–Kier alpha value is -3.99. The summed E-state index contributed by atoms with van der Waals surface area (Å²) in [5, 5.41) is 10.4. The first-order chi connectivity index (χ1) is 18.0. The van der Waals surface area contributed by atoms with Crippen LogP contribution in [0.2, 0.25) is 0 Å². The summed E-state index contributed by atoms with van der Waals surface area (Å²) in [6, 6.07) is 7.66. The highest BCUT2D eigenvalue weighted by Gasteiger charge is 2.31. The summed E-state index contributed by atoms with van der Waals surface area (Å²) in [5.41, 5.74) is 7.89. The van der Waals surface area contributed by atoms with E-state index >= 15 is 0 Å². The maximum atomic E-state index is 13.1. The van der Waals surface area contributed by atoms with E-state index in [1.165, 1.54) is 0 Å². The van der Waals surface area contributed by atoms with E-state index in [4.69, 9.17) is 5.73 Å². The molecule has 38 heavy (non-hydrogen) atoms. The summed E-state index contributed by atoms with van der Waals surface area (Å²) in [5.74, 6) is 0.0875. The standard InChI is InChI=1S/C27H37N9O2/c1-17-21(32-26(38)18-9-11-19(12-10-18)27(2,3)34(4)5)8-7-13-36(17)22-15-29-23(24(28)37)25(33-22)31-20-14-30-35(6)16-20/h9-12,14-17,21H,7-8,13H2,1-6H3,(H2,28,37)(H,31,33)(H,32,38)/t17-,21-/m1/s1. The summed E-state index contributed by atoms with van der Waals surface area (Å²) in [7, 11) is 5.88. The first kappa shape index (κ1) is 27.1. The normalized spacial score (nSPS) is 17.9. The van der Waals surface area contributed by atoms with Gasteiger partial charge in [-0.3, -0.25) is 14.3 Å². The second-order valence-electron chi connectivity index (χ2n) is 10.5. The SMILES string of the molecule is C[C@@H]1[C@H](NC(=O)c2ccc(C(C)(C)N(C)C)cc2)CCCN1c1cnc(C(N)=O)c(Nc2cnn(C)c2)n1. The molecule has 0 radical (unpaired) electrons. The van der Waals surface area contributed by atoms with Gasteiger partial charge in [0.15, 0.2) is 11.5 Å². The second kappa shape index (κ2) is 10.8. The summed E-state index contributed by atoms with van der Waals surface area (Å²) >= 11 is 0. The van der Waals surface area contributed by atoms with Crippen LogP contribution in [0.25, 0.3) is 0 Å². The van der Waals surface area contributed by atoms with E-state index in [1.807, 2.05) is 38.4 Å². The number of nitrogens with zero attached hydrogens (tertiary/aromatic N) is 6. The number of benzene rings is 1. The third-order valence-electron chi connectivity index (χ3n) is 7.53. The summed E-state index contributed by atoms with van der Waals surface area (Å²) in [6.45, 7) is 7.11. The summed E-state index contributed by atoms with van der Waals surface area (Å²) in [6.07, 6.45) is 6.67. The first-order valence-electron chi connectivity index (χ1n) is 12.8. The smallest absolute Gasteiger partial charge is 0.271 e. The Morgan fingerprint density at radius 1 is 1.16 bits per heavy atom. The highest BCUT2D eigenvalue weighted by atomic mass is 16.2. The highest BCUT2D eigenvalue weighted by molar-refractivity contribution is 5.96. The van der Waals surface area contributed by atoms with E-state index in [-0.39, 0.29) is 35.0 Å². The van der Waals surface area contributed by atoms with Crippen LogP contribution in [0.3, 0.4) is 0 Å². The van der Waals surface area contributed by atoms with Gasteiger partial charge < -0.3 is 26.2 Å². The molecule has 1 aromatic carbocycles. The van der Waals surface area contributed by atoms with Crippen LogP contribution in [-0.2, 0) is 12.6 Å². The van der Waals surface area contributed by atoms with Gasteiger partial charge in [0.25, 0.3) is 11.8 Å². The van der Waals surface area contributed by atoms with Crippen LogP contribution in [0, 0.1) is 0 Å². The lowest BCUT2D eigenvalue weighted by Gasteiger charge is -2.40. The minimum absolute atomic E-state index is 0.0420. The van der Waals surface area contributed by atoms with Crippen molar-refractivity contribution in [3.63, 3.8) is 0 Å². The molecule has 0 saturated carbocycles. The van der Waals surface area contributed by atoms with Crippen molar-refractivity contribution in [3.8, 4) is 0 Å². The van der Waals surface area contributed by atoms with E-state index < -0.39 is 5.91 Å². The molecule has 202 valence electrons. The number of carbonyl (C=O) groups excluding carboxylic acids is 2. The van der Waals surface area contributed by atoms with E-state index in [1.54, 1.807) is 30.3 Å². The average Bonchev–Trinajstić information content (AvgIpc) is 3.29. The van der Waals surface area contributed by atoms with Gasteiger partial charge in [-0.25, -0.2) is 9.97 Å². The maximum absolute atomic E-state index is 13.1. The molecular weight excluding hydrogens is 482 g/mol. The number of hydrogen-bond donors (Lipinski definition) is 3. The van der Waals surface area contributed by atoms with Crippen molar-refractivity contribution in [2.45, 2.75) is 51.2 Å². The fraction of sp³-hybridized carbons (Fsp3) is 0.444. The Bertz CT molecular complexity index is 1300. The molecule has 4 N–H and O–H groups in total. The molecule has 4 rings (SSSR count). The lowest BCUT2D eigenvalue weighted by molar-refractivity contribution is 0.0923. The molecule has 2 amide bonds. The van der Waals surface area contributed by atoms with Crippen LogP contribution < -0.4 is 21.3 Å². The van der Waals surface area contributed by atoms with Crippen molar-refractivity contribution in [3.05, 3.63) is 59.7 Å². The number of rotatable bonds is 8. The van der Waals surface area contributed by atoms with Gasteiger partial charge in [-0.15, -0.1) is 0 Å². The summed E-state index contributed by atoms with van der Waals surface area (Å²) in [4.78, 5) is 38.4. The molecule has 1 fully saturated rings. The molecule has 2 aromatic heterocycles. The first-order valence-corrected chi connectivity index (χ1v) is 12.8. The van der Waals surface area contributed by atoms with Crippen molar-refractivity contribution in [1.82, 2.24) is 30.0 Å². The van der Waals surface area contributed by atoms with Gasteiger partial charge in [-0.1, -0.05) is 12.1 Å². The molecule has 3 heterocycles. The van der Waals surface area contributed by atoms with Gasteiger partial charge >= 0.3 is 0 Å². The Kier molecular flexibility index (Phi) is 7.68. The lowest BCUT2D eigenvalue weighted by Crippen LogP contribution is -2.54. The van der Waals surface area contributed by atoms with Crippen molar-refractivity contribution in [2.24, 2.45) is 12.8 Å². The van der Waals surface area contributed by atoms with Gasteiger partial charge in [-0.05, 0) is 65.4 Å². The fourth-order valence-electron chi connectivity index (χ4n) is 4.61. The number of nitrogens with one attached hydrogen (secondary N) is 2. The average molecular weight is 520 g/mol. The Morgan fingerprint density at radius 3 is 2.47 bits per heavy atom. The molecule has 1 aliphatic heterocycles. The molecule has 0 unspecified atom stereocenters. The van der Waals surface area contributed by atoms with Crippen LogP contribution in [0.5, 0.6) is 0 Å². The number of primary amides is 1. The Morgan fingerprint density at radius 2 is 1.87 bits per heavy atom. The van der Waals surface area contributed by atoms with Crippen molar-refractivity contribution >= 4 is 29.1 Å². The van der Waals surface area contributed by atoms with E-state index in [0.717, 1.165) is 24.9 Å². The topological polar surface area (TPSA) is 134 Å². The number of carbonyl (C=O) groups is 2. The van der Waals surface area contributed by atoms with Crippen LogP contribution in [0.4, 0.5) is 17.3 Å². The molecule has 11 nitrogen and oxygen atoms in total. The molecule has 2 atom stereocenters. The maximum Gasteiger partial charge on any atom is 0.271 e. The van der Waals surface area contributed by atoms with Gasteiger partial charge in [0.05, 0.1) is 18.1 Å². The van der Waals surface area contributed by atoms with Crippen LogP contribution >= 0.6 is 0 Å². The van der Waals surface area contributed by atoms with E-state index in [0.29, 0.717) is 17.1 Å². The molecule has 0 aliphatic carbocycles. The Labute approximate surface area is 223 Å². The zero-order valence-electron chi connectivity index (χ0n) is 22.9. The largest absolute Gasteiger partial charge is 0.364 e. The van der Waals surface area contributed by atoms with Gasteiger partial charge in [0.2, 0.25) is 0 Å². The molecular formula is C27H37N9O2. The zero-order valence-corrected chi connectivity index (χ0v) is 22.9. The van der Waals surface area contributed by atoms with Crippen molar-refractivity contribution < 1.29 is 9.59 Å². The number of nitrogens with two attached hydrogens (primary N) is 1. The molecule has 11 heteroatoms. The van der Waals surface area contributed by atoms with Crippen LogP contribution in [0.15, 0.2) is 42.9 Å². The number of aromatic nitrogens is 4. The van der Waals surface area contributed by atoms with Crippen molar-refractivity contribution in [2.75, 3.05) is 30.9 Å². The van der Waals surface area contributed by atoms with Gasteiger partial charge in [-0.2, -0.15) is 5.10 Å². The third kappa shape index (κ3) is 5.62. The lowest BCUT2D eigenvalue weighted by atomic mass is 9.92. The molecule has 0 spiro atoms. The minimum Gasteiger partial charge on any atom is -0.364 e. The third-order valence-corrected chi connectivity index (χ3v) is 7.53. The predicted molar refractivity (Wildman–Crippen MR) is 147 cm³/mol. The molecule has 0 bridgehead atoms. The minimum atomic E-state index is -0.674. The number of aryl methyl sites for hydroxylation is 1. The summed E-state index contributed by atoms with van der Waals surface area (Å²) < 4.78 is 1.64. The van der Waals surface area contributed by atoms with Crippen LogP contribution in [-0.4, -0.2) is 69.2 Å². The number of anilines is 3. The Balaban J connectivity index is 1.50. The predicted octanol–water partition coefficient (Wildman–Crippen LogP) is 2.64. The molecule has 1 saturated heterocycles. The van der Waals surface area contributed by atoms with Gasteiger partial charge in [0, 0.05) is 43.0 Å². The van der Waals surface area contributed by atoms with Crippen LogP contribution in [0.1, 0.15) is 60.0 Å². The molecule has 1 aliphatic rings. The number of amides is 2. The van der Waals surface area contributed by atoms with E-state index in [9.17, 15) is 9.59 Å². The number of piperidine rings is 1. The molecule has 3 aromatic rings. The fourth-order valence-corrected chi connectivity index (χ4v) is 4.61. The zero-order chi connectivity index (χ0) is 27.6. The number of hydrogen-bond acceptors (Lipinski definition) is 8. The van der Waals surface area contributed by atoms with E-state index in [2.05, 4.69) is 56.3 Å².